The van der Waals surface area contributed by atoms with Crippen LogP contribution in [0, 0.1) is 10.8 Å². The van der Waals surface area contributed by atoms with Gasteiger partial charge in [-0.1, -0.05) is 13.3 Å². The number of hydrogen-bond donors (Lipinski definition) is 3. The number of carbonyl (C=O) groups is 3. The first-order valence-electron chi connectivity index (χ1n) is 8.85. The van der Waals surface area contributed by atoms with E-state index < -0.39 is 17.0 Å². The lowest BCUT2D eigenvalue weighted by molar-refractivity contribution is -0.173. The third-order valence-corrected chi connectivity index (χ3v) is 6.44. The summed E-state index contributed by atoms with van der Waals surface area (Å²) in [5.41, 5.74) is -1.14. The number of rotatable bonds is 5. The van der Waals surface area contributed by atoms with Crippen molar-refractivity contribution in [3.05, 3.63) is 0 Å². The molecule has 0 aromatic rings. The van der Waals surface area contributed by atoms with Crippen LogP contribution in [0.25, 0.3) is 0 Å². The molecule has 4 aliphatic rings. The molecule has 0 radical (unpaired) electrons. The molecule has 24 heavy (non-hydrogen) atoms. The van der Waals surface area contributed by atoms with Gasteiger partial charge in [0.2, 0.25) is 11.8 Å². The third-order valence-electron chi connectivity index (χ3n) is 6.44. The maximum absolute atomic E-state index is 11.9. The summed E-state index contributed by atoms with van der Waals surface area (Å²) in [6.45, 7) is 5.18. The second-order valence-corrected chi connectivity index (χ2v) is 8.91. The van der Waals surface area contributed by atoms with Crippen molar-refractivity contribution in [3.8, 4) is 0 Å². The molecule has 0 heterocycles. The first-order chi connectivity index (χ1) is 11.1. The van der Waals surface area contributed by atoms with E-state index in [0.717, 1.165) is 25.7 Å². The molecular weight excluding hydrogens is 308 g/mol. The highest BCUT2D eigenvalue weighted by atomic mass is 16.4. The summed E-state index contributed by atoms with van der Waals surface area (Å²) >= 11 is 0. The molecule has 0 aromatic carbocycles. The van der Waals surface area contributed by atoms with E-state index in [0.29, 0.717) is 19.3 Å². The fourth-order valence-corrected chi connectivity index (χ4v) is 6.96. The summed E-state index contributed by atoms with van der Waals surface area (Å²) in [5.74, 6) is -0.947. The lowest BCUT2D eigenvalue weighted by Gasteiger charge is -2.70. The Bertz CT molecular complexity index is 513. The van der Waals surface area contributed by atoms with Crippen LogP contribution in [0.1, 0.15) is 72.1 Å². The summed E-state index contributed by atoms with van der Waals surface area (Å²) in [5, 5.41) is 15.8. The molecule has 4 bridgehead atoms. The molecule has 0 aromatic heterocycles. The van der Waals surface area contributed by atoms with Crippen LogP contribution in [0.15, 0.2) is 0 Å². The van der Waals surface area contributed by atoms with E-state index in [9.17, 15) is 19.5 Å². The molecule has 0 spiro atoms. The van der Waals surface area contributed by atoms with Gasteiger partial charge in [-0.3, -0.25) is 14.4 Å². The van der Waals surface area contributed by atoms with Crippen LogP contribution < -0.4 is 10.6 Å². The number of aliphatic carboxylic acids is 1. The van der Waals surface area contributed by atoms with Crippen LogP contribution in [-0.4, -0.2) is 34.0 Å². The normalized spacial score (nSPS) is 42.6. The molecule has 2 atom stereocenters. The molecule has 4 rings (SSSR count). The summed E-state index contributed by atoms with van der Waals surface area (Å²) in [6.07, 6.45) is 5.82. The second kappa shape index (κ2) is 5.20. The van der Waals surface area contributed by atoms with Crippen LogP contribution in [0.3, 0.4) is 0 Å². The molecule has 2 unspecified atom stereocenters. The highest BCUT2D eigenvalue weighted by molar-refractivity contribution is 5.75. The Hall–Kier alpha value is -1.59. The van der Waals surface area contributed by atoms with Crippen molar-refractivity contribution >= 4 is 17.8 Å². The van der Waals surface area contributed by atoms with E-state index in [2.05, 4.69) is 17.6 Å². The predicted octanol–water partition coefficient (Wildman–Crippen LogP) is 1.98. The average molecular weight is 336 g/mol. The Labute approximate surface area is 142 Å². The van der Waals surface area contributed by atoms with Crippen molar-refractivity contribution in [3.63, 3.8) is 0 Å². The highest BCUT2D eigenvalue weighted by Gasteiger charge is 2.68. The lowest BCUT2D eigenvalue weighted by atomic mass is 9.38. The van der Waals surface area contributed by atoms with Gasteiger partial charge in [-0.2, -0.15) is 0 Å². The van der Waals surface area contributed by atoms with Crippen molar-refractivity contribution < 1.29 is 19.5 Å². The second-order valence-electron chi connectivity index (χ2n) is 8.91. The minimum Gasteiger partial charge on any atom is -0.481 e. The van der Waals surface area contributed by atoms with Gasteiger partial charge in [0.05, 0.1) is 6.42 Å². The van der Waals surface area contributed by atoms with Gasteiger partial charge in [-0.25, -0.2) is 0 Å². The van der Waals surface area contributed by atoms with Crippen LogP contribution in [-0.2, 0) is 14.4 Å². The van der Waals surface area contributed by atoms with Gasteiger partial charge in [-0.15, -0.1) is 0 Å². The molecule has 4 saturated carbocycles. The van der Waals surface area contributed by atoms with Crippen molar-refractivity contribution in [2.75, 3.05) is 0 Å². The van der Waals surface area contributed by atoms with E-state index in [-0.39, 0.29) is 29.1 Å². The van der Waals surface area contributed by atoms with Crippen LogP contribution >= 0.6 is 0 Å². The Kier molecular flexibility index (Phi) is 3.74. The summed E-state index contributed by atoms with van der Waals surface area (Å²) < 4.78 is 0. The Balaban J connectivity index is 2.07. The zero-order chi connectivity index (χ0) is 17.8. The zero-order valence-corrected chi connectivity index (χ0v) is 14.8. The largest absolute Gasteiger partial charge is 0.481 e. The minimum absolute atomic E-state index is 0.00486. The molecule has 134 valence electrons. The quantitative estimate of drug-likeness (QED) is 0.715. The molecule has 6 heteroatoms. The summed E-state index contributed by atoms with van der Waals surface area (Å²) in [7, 11) is 0. The molecular formula is C18H28N2O4. The van der Waals surface area contributed by atoms with Crippen molar-refractivity contribution in [2.24, 2.45) is 10.8 Å². The number of nitrogens with one attached hydrogen (secondary N) is 2. The Morgan fingerprint density at radius 1 is 0.833 bits per heavy atom. The van der Waals surface area contributed by atoms with Gasteiger partial charge < -0.3 is 15.7 Å². The predicted molar refractivity (Wildman–Crippen MR) is 88.2 cm³/mol. The summed E-state index contributed by atoms with van der Waals surface area (Å²) in [6, 6.07) is 0. The monoisotopic (exact) mass is 336 g/mol. The molecule has 4 fully saturated rings. The van der Waals surface area contributed by atoms with E-state index in [1.54, 1.807) is 0 Å². The van der Waals surface area contributed by atoms with E-state index in [1.165, 1.54) is 13.8 Å². The zero-order valence-electron chi connectivity index (χ0n) is 14.8. The molecule has 0 aliphatic heterocycles. The maximum Gasteiger partial charge on any atom is 0.303 e. The van der Waals surface area contributed by atoms with E-state index in [4.69, 9.17) is 0 Å². The minimum atomic E-state index is -0.792. The standard InChI is InChI=1S/C18H28N2O4/c1-4-15-6-16(5-14(23)24)9-17(7-15,19-12(2)21)11-18(8-15,10-16)20-13(3)22/h4-11H2,1-3H3,(H,19,21)(H,20,22)(H,23,24). The molecule has 2 amide bonds. The molecule has 6 nitrogen and oxygen atoms in total. The van der Waals surface area contributed by atoms with Gasteiger partial charge in [0.15, 0.2) is 0 Å². The Morgan fingerprint density at radius 2 is 1.29 bits per heavy atom. The SMILES string of the molecule is CCC12CC3(CC(=O)O)CC(NC(C)=O)(C1)CC(NC(C)=O)(C2)C3. The number of carboxylic acid groups (broad SMARTS) is 1. The molecule has 3 N–H and O–H groups in total. The number of hydrogen-bond acceptors (Lipinski definition) is 3. The lowest BCUT2D eigenvalue weighted by Crippen LogP contribution is -2.75. The van der Waals surface area contributed by atoms with Crippen molar-refractivity contribution in [1.29, 1.82) is 0 Å². The van der Waals surface area contributed by atoms with E-state index in [1.807, 2.05) is 0 Å². The van der Waals surface area contributed by atoms with Gasteiger partial charge in [0.25, 0.3) is 0 Å². The number of carboxylic acids is 1. The van der Waals surface area contributed by atoms with E-state index >= 15 is 0 Å². The maximum atomic E-state index is 11.9. The van der Waals surface area contributed by atoms with Gasteiger partial charge in [0.1, 0.15) is 0 Å². The smallest absolute Gasteiger partial charge is 0.303 e. The van der Waals surface area contributed by atoms with Crippen LogP contribution in [0.2, 0.25) is 0 Å². The first-order valence-corrected chi connectivity index (χ1v) is 8.85. The molecule has 4 aliphatic carbocycles. The first kappa shape index (κ1) is 17.2. The average Bonchev–Trinajstić information content (AvgIpc) is 2.31. The van der Waals surface area contributed by atoms with Gasteiger partial charge >= 0.3 is 5.97 Å². The Morgan fingerprint density at radius 3 is 1.67 bits per heavy atom. The van der Waals surface area contributed by atoms with Gasteiger partial charge in [0, 0.05) is 24.9 Å². The third kappa shape index (κ3) is 2.80. The number of amides is 2. The van der Waals surface area contributed by atoms with Crippen LogP contribution in [0.4, 0.5) is 0 Å². The fraction of sp³-hybridized carbons (Fsp3) is 0.833. The highest BCUT2D eigenvalue weighted by Crippen LogP contribution is 2.69. The van der Waals surface area contributed by atoms with Crippen molar-refractivity contribution in [2.45, 2.75) is 83.2 Å². The fourth-order valence-electron chi connectivity index (χ4n) is 6.96. The summed E-state index contributed by atoms with van der Waals surface area (Å²) in [4.78, 5) is 35.3. The van der Waals surface area contributed by atoms with Crippen LogP contribution in [0.5, 0.6) is 0 Å². The molecule has 0 saturated heterocycles. The van der Waals surface area contributed by atoms with Crippen molar-refractivity contribution in [1.82, 2.24) is 10.6 Å². The number of carbonyl (C=O) groups excluding carboxylic acids is 2. The van der Waals surface area contributed by atoms with Gasteiger partial charge in [-0.05, 0) is 49.4 Å². The topological polar surface area (TPSA) is 95.5 Å².